The van der Waals surface area contributed by atoms with Gasteiger partial charge in [-0.15, -0.1) is 0 Å². The molecule has 2 N–H and O–H groups in total. The van der Waals surface area contributed by atoms with E-state index in [1.807, 2.05) is 6.92 Å². The number of nitrogens with zero attached hydrogens (tertiary/aromatic N) is 3. The van der Waals surface area contributed by atoms with Gasteiger partial charge in [-0.3, -0.25) is 0 Å². The normalized spacial score (nSPS) is 14.7. The van der Waals surface area contributed by atoms with Crippen molar-refractivity contribution in [3.05, 3.63) is 10.6 Å². The molecule has 0 amide bonds. The standard InChI is InChI=1S/C8H12Cl2N4O/c1-4(3-5(2)15)11-8-13-6(9)12-7(10)14-8/h4-5,15H,3H2,1-2H3,(H,11,12,13,14). The highest BCUT2D eigenvalue weighted by atomic mass is 35.5. The lowest BCUT2D eigenvalue weighted by Gasteiger charge is -2.14. The van der Waals surface area contributed by atoms with Crippen LogP contribution < -0.4 is 5.32 Å². The van der Waals surface area contributed by atoms with Crippen molar-refractivity contribution in [1.82, 2.24) is 15.0 Å². The maximum atomic E-state index is 9.16. The van der Waals surface area contributed by atoms with Crippen molar-refractivity contribution >= 4 is 29.2 Å². The molecule has 7 heteroatoms. The monoisotopic (exact) mass is 250 g/mol. The fraction of sp³-hybridized carbons (Fsp3) is 0.625. The molecular weight excluding hydrogens is 239 g/mol. The molecule has 1 aromatic rings. The summed E-state index contributed by atoms with van der Waals surface area (Å²) in [5.74, 6) is 0.313. The van der Waals surface area contributed by atoms with E-state index in [2.05, 4.69) is 20.3 Å². The van der Waals surface area contributed by atoms with Crippen LogP contribution in [0.5, 0.6) is 0 Å². The van der Waals surface area contributed by atoms with Crippen LogP contribution in [0.2, 0.25) is 10.6 Å². The van der Waals surface area contributed by atoms with E-state index in [1.165, 1.54) is 0 Å². The minimum atomic E-state index is -0.389. The molecule has 1 rings (SSSR count). The van der Waals surface area contributed by atoms with Crippen LogP contribution in [-0.2, 0) is 0 Å². The zero-order valence-corrected chi connectivity index (χ0v) is 9.92. The molecule has 0 saturated heterocycles. The minimum Gasteiger partial charge on any atom is -0.393 e. The van der Waals surface area contributed by atoms with Gasteiger partial charge in [0.25, 0.3) is 0 Å². The first-order valence-electron chi connectivity index (χ1n) is 4.49. The van der Waals surface area contributed by atoms with Crippen LogP contribution in [0.3, 0.4) is 0 Å². The van der Waals surface area contributed by atoms with Gasteiger partial charge in [0.15, 0.2) is 0 Å². The quantitative estimate of drug-likeness (QED) is 0.852. The van der Waals surface area contributed by atoms with Gasteiger partial charge in [0.2, 0.25) is 16.5 Å². The predicted octanol–water partition coefficient (Wildman–Crippen LogP) is 1.75. The molecule has 0 aromatic carbocycles. The Morgan fingerprint density at radius 1 is 1.20 bits per heavy atom. The predicted molar refractivity (Wildman–Crippen MR) is 59.2 cm³/mol. The lowest BCUT2D eigenvalue weighted by Crippen LogP contribution is -2.22. The van der Waals surface area contributed by atoms with Gasteiger partial charge in [0, 0.05) is 6.04 Å². The second kappa shape index (κ2) is 5.44. The van der Waals surface area contributed by atoms with Crippen molar-refractivity contribution in [3.63, 3.8) is 0 Å². The van der Waals surface area contributed by atoms with Crippen molar-refractivity contribution < 1.29 is 5.11 Å². The highest BCUT2D eigenvalue weighted by Gasteiger charge is 2.09. The molecule has 84 valence electrons. The molecule has 0 bridgehead atoms. The van der Waals surface area contributed by atoms with E-state index in [9.17, 15) is 0 Å². The third-order valence-corrected chi connectivity index (χ3v) is 1.99. The second-order valence-electron chi connectivity index (χ2n) is 3.33. The molecule has 1 heterocycles. The summed E-state index contributed by atoms with van der Waals surface area (Å²) >= 11 is 11.2. The lowest BCUT2D eigenvalue weighted by molar-refractivity contribution is 0.179. The zero-order chi connectivity index (χ0) is 11.4. The number of anilines is 1. The zero-order valence-electron chi connectivity index (χ0n) is 8.41. The van der Waals surface area contributed by atoms with E-state index < -0.39 is 0 Å². The summed E-state index contributed by atoms with van der Waals surface area (Å²) in [5.41, 5.74) is 0. The lowest BCUT2D eigenvalue weighted by atomic mass is 10.2. The summed E-state index contributed by atoms with van der Waals surface area (Å²) < 4.78 is 0. The molecule has 1 aromatic heterocycles. The Bertz CT molecular complexity index is 314. The van der Waals surface area contributed by atoms with E-state index in [1.54, 1.807) is 6.92 Å². The highest BCUT2D eigenvalue weighted by molar-refractivity contribution is 6.31. The van der Waals surface area contributed by atoms with E-state index in [0.717, 1.165) is 0 Å². The molecule has 0 aliphatic heterocycles. The van der Waals surface area contributed by atoms with E-state index >= 15 is 0 Å². The number of aliphatic hydroxyl groups is 1. The molecule has 0 aliphatic rings. The molecular formula is C8H12Cl2N4O. The summed E-state index contributed by atoms with van der Waals surface area (Å²) in [5, 5.41) is 12.2. The third-order valence-electron chi connectivity index (χ3n) is 1.65. The number of hydrogen-bond acceptors (Lipinski definition) is 5. The van der Waals surface area contributed by atoms with Crippen LogP contribution >= 0.6 is 23.2 Å². The maximum Gasteiger partial charge on any atom is 0.228 e. The minimum absolute atomic E-state index is 0.0273. The Morgan fingerprint density at radius 3 is 2.20 bits per heavy atom. The van der Waals surface area contributed by atoms with Crippen molar-refractivity contribution in [3.8, 4) is 0 Å². The average Bonchev–Trinajstić information content (AvgIpc) is 1.98. The van der Waals surface area contributed by atoms with Crippen LogP contribution in [0.15, 0.2) is 0 Å². The van der Waals surface area contributed by atoms with Gasteiger partial charge in [0.05, 0.1) is 6.10 Å². The summed E-state index contributed by atoms with van der Waals surface area (Å²) in [7, 11) is 0. The number of rotatable bonds is 4. The van der Waals surface area contributed by atoms with Gasteiger partial charge >= 0.3 is 0 Å². The van der Waals surface area contributed by atoms with Gasteiger partial charge < -0.3 is 10.4 Å². The molecule has 0 aliphatic carbocycles. The summed E-state index contributed by atoms with van der Waals surface area (Å²) in [6.45, 7) is 3.61. The fourth-order valence-electron chi connectivity index (χ4n) is 1.18. The summed E-state index contributed by atoms with van der Waals surface area (Å²) in [4.78, 5) is 11.3. The van der Waals surface area contributed by atoms with Crippen LogP contribution in [0.1, 0.15) is 20.3 Å². The van der Waals surface area contributed by atoms with Crippen molar-refractivity contribution in [2.75, 3.05) is 5.32 Å². The van der Waals surface area contributed by atoms with Gasteiger partial charge in [-0.05, 0) is 43.5 Å². The number of aromatic nitrogens is 3. The van der Waals surface area contributed by atoms with Gasteiger partial charge in [0.1, 0.15) is 0 Å². The van der Waals surface area contributed by atoms with Gasteiger partial charge in [-0.1, -0.05) is 0 Å². The Kier molecular flexibility index (Phi) is 4.50. The van der Waals surface area contributed by atoms with Crippen LogP contribution in [-0.4, -0.2) is 32.2 Å². The van der Waals surface area contributed by atoms with Crippen molar-refractivity contribution in [1.29, 1.82) is 0 Å². The second-order valence-corrected chi connectivity index (χ2v) is 4.00. The molecule has 0 saturated carbocycles. The van der Waals surface area contributed by atoms with Crippen molar-refractivity contribution in [2.24, 2.45) is 0 Å². The number of hydrogen-bond donors (Lipinski definition) is 2. The Hall–Kier alpha value is -0.650. The molecule has 2 unspecified atom stereocenters. The molecule has 0 radical (unpaired) electrons. The topological polar surface area (TPSA) is 70.9 Å². The molecule has 5 nitrogen and oxygen atoms in total. The molecule has 0 spiro atoms. The molecule has 2 atom stereocenters. The first kappa shape index (κ1) is 12.4. The van der Waals surface area contributed by atoms with E-state index in [-0.39, 0.29) is 22.7 Å². The first-order chi connectivity index (χ1) is 6.97. The Labute approximate surface area is 97.9 Å². The smallest absolute Gasteiger partial charge is 0.228 e. The summed E-state index contributed by atoms with van der Waals surface area (Å²) in [6, 6.07) is 0.0273. The van der Waals surface area contributed by atoms with Crippen LogP contribution in [0.4, 0.5) is 5.95 Å². The van der Waals surface area contributed by atoms with Crippen LogP contribution in [0, 0.1) is 0 Å². The van der Waals surface area contributed by atoms with Crippen molar-refractivity contribution in [2.45, 2.75) is 32.4 Å². The Balaban J connectivity index is 2.63. The first-order valence-corrected chi connectivity index (χ1v) is 5.24. The van der Waals surface area contributed by atoms with Gasteiger partial charge in [-0.25, -0.2) is 0 Å². The highest BCUT2D eigenvalue weighted by Crippen LogP contribution is 2.11. The largest absolute Gasteiger partial charge is 0.393 e. The number of nitrogens with one attached hydrogen (secondary N) is 1. The number of aliphatic hydroxyl groups excluding tert-OH is 1. The van der Waals surface area contributed by atoms with Crippen LogP contribution in [0.25, 0.3) is 0 Å². The van der Waals surface area contributed by atoms with E-state index in [4.69, 9.17) is 28.3 Å². The molecule has 0 fully saturated rings. The fourth-order valence-corrected chi connectivity index (χ4v) is 1.54. The Morgan fingerprint density at radius 2 is 1.73 bits per heavy atom. The number of halogens is 2. The van der Waals surface area contributed by atoms with E-state index in [0.29, 0.717) is 12.4 Å². The summed E-state index contributed by atoms with van der Waals surface area (Å²) in [6.07, 6.45) is 0.196. The SMILES string of the molecule is CC(O)CC(C)Nc1nc(Cl)nc(Cl)n1. The average molecular weight is 251 g/mol. The van der Waals surface area contributed by atoms with Gasteiger partial charge in [-0.2, -0.15) is 15.0 Å². The maximum absolute atomic E-state index is 9.16. The molecule has 15 heavy (non-hydrogen) atoms. The third kappa shape index (κ3) is 4.59.